The van der Waals surface area contributed by atoms with Crippen molar-refractivity contribution in [1.29, 1.82) is 0 Å². The van der Waals surface area contributed by atoms with Crippen LogP contribution in [0.2, 0.25) is 10.0 Å². The van der Waals surface area contributed by atoms with Crippen LogP contribution in [-0.4, -0.2) is 21.8 Å². The van der Waals surface area contributed by atoms with Gasteiger partial charge in [-0.3, -0.25) is 9.59 Å². The van der Waals surface area contributed by atoms with Crippen LogP contribution in [0.4, 0.5) is 11.4 Å². The molecule has 0 spiro atoms. The zero-order valence-corrected chi connectivity index (χ0v) is 19.8. The highest BCUT2D eigenvalue weighted by molar-refractivity contribution is 7.08. The van der Waals surface area contributed by atoms with Crippen molar-refractivity contribution in [2.45, 2.75) is 0 Å². The standard InChI is InChI=1S/C25H16Cl2N4O2S/c26-17-9-16(10-18(27)11-17)25(33)28-19-3-1-14(2-4-19)23-30-21-6-5-20(12-22(21)31-23)29-24(32)15-7-8-34-13-15/h1-13H,(H,28,33)(H,29,32)(H,30,31). The number of carbonyl (C=O) groups is 2. The number of imidazole rings is 1. The topological polar surface area (TPSA) is 86.9 Å². The molecule has 2 aromatic heterocycles. The molecule has 9 heteroatoms. The Morgan fingerprint density at radius 3 is 2.18 bits per heavy atom. The minimum atomic E-state index is -0.307. The monoisotopic (exact) mass is 506 g/mol. The van der Waals surface area contributed by atoms with Gasteiger partial charge in [-0.2, -0.15) is 11.3 Å². The normalized spacial score (nSPS) is 10.9. The van der Waals surface area contributed by atoms with E-state index in [0.717, 1.165) is 16.6 Å². The van der Waals surface area contributed by atoms with Crippen molar-refractivity contribution in [1.82, 2.24) is 9.97 Å². The summed E-state index contributed by atoms with van der Waals surface area (Å²) in [4.78, 5) is 32.7. The van der Waals surface area contributed by atoms with Crippen LogP contribution in [-0.2, 0) is 0 Å². The molecule has 34 heavy (non-hydrogen) atoms. The molecule has 0 saturated heterocycles. The number of carbonyl (C=O) groups excluding carboxylic acids is 2. The fourth-order valence-corrected chi connectivity index (χ4v) is 4.58. The summed E-state index contributed by atoms with van der Waals surface area (Å²) < 4.78 is 0. The third kappa shape index (κ3) is 4.82. The van der Waals surface area contributed by atoms with Crippen molar-refractivity contribution in [3.63, 3.8) is 0 Å². The van der Waals surface area contributed by atoms with Gasteiger partial charge in [0.25, 0.3) is 11.8 Å². The van der Waals surface area contributed by atoms with Gasteiger partial charge in [-0.15, -0.1) is 0 Å². The number of nitrogens with one attached hydrogen (secondary N) is 3. The predicted molar refractivity (Wildman–Crippen MR) is 138 cm³/mol. The lowest BCUT2D eigenvalue weighted by Crippen LogP contribution is -2.11. The van der Waals surface area contributed by atoms with Gasteiger partial charge in [0.05, 0.1) is 16.6 Å². The summed E-state index contributed by atoms with van der Waals surface area (Å²) >= 11 is 13.4. The van der Waals surface area contributed by atoms with Crippen molar-refractivity contribution < 1.29 is 9.59 Å². The van der Waals surface area contributed by atoms with Crippen LogP contribution in [0.1, 0.15) is 20.7 Å². The molecule has 0 radical (unpaired) electrons. The highest BCUT2D eigenvalue weighted by Crippen LogP contribution is 2.25. The molecule has 0 aliphatic heterocycles. The van der Waals surface area contributed by atoms with Crippen molar-refractivity contribution >= 4 is 68.8 Å². The molecule has 0 aliphatic rings. The number of aromatic amines is 1. The average Bonchev–Trinajstić information content (AvgIpc) is 3.49. The number of hydrogen-bond acceptors (Lipinski definition) is 4. The van der Waals surface area contributed by atoms with Crippen LogP contribution in [0.3, 0.4) is 0 Å². The van der Waals surface area contributed by atoms with Crippen LogP contribution >= 0.6 is 34.5 Å². The van der Waals surface area contributed by atoms with Gasteiger partial charge in [-0.1, -0.05) is 23.2 Å². The maximum Gasteiger partial charge on any atom is 0.256 e. The SMILES string of the molecule is O=C(Nc1ccc2nc(-c3ccc(NC(=O)c4cc(Cl)cc(Cl)c4)cc3)[nH]c2c1)c1ccsc1. The zero-order valence-electron chi connectivity index (χ0n) is 17.4. The molecular formula is C25H16Cl2N4O2S. The number of thiophene rings is 1. The molecule has 0 aliphatic carbocycles. The van der Waals surface area contributed by atoms with Gasteiger partial charge >= 0.3 is 0 Å². The van der Waals surface area contributed by atoms with E-state index in [2.05, 4.69) is 20.6 Å². The van der Waals surface area contributed by atoms with Gasteiger partial charge in [0.15, 0.2) is 0 Å². The number of aromatic nitrogens is 2. The molecular weight excluding hydrogens is 491 g/mol. The van der Waals surface area contributed by atoms with Crippen LogP contribution in [0.25, 0.3) is 22.4 Å². The van der Waals surface area contributed by atoms with Crippen molar-refractivity contribution in [3.8, 4) is 11.4 Å². The Kier molecular flexibility index (Phi) is 6.06. The summed E-state index contributed by atoms with van der Waals surface area (Å²) in [5.41, 5.74) is 4.73. The summed E-state index contributed by atoms with van der Waals surface area (Å²) in [5, 5.41) is 10.2. The van der Waals surface area contributed by atoms with Gasteiger partial charge in [0.1, 0.15) is 5.82 Å². The molecule has 168 valence electrons. The van der Waals surface area contributed by atoms with E-state index in [4.69, 9.17) is 23.2 Å². The summed E-state index contributed by atoms with van der Waals surface area (Å²) in [6.45, 7) is 0. The quantitative estimate of drug-likeness (QED) is 0.237. The lowest BCUT2D eigenvalue weighted by Gasteiger charge is -2.07. The molecule has 6 nitrogen and oxygen atoms in total. The molecule has 2 heterocycles. The lowest BCUT2D eigenvalue weighted by atomic mass is 10.1. The third-order valence-electron chi connectivity index (χ3n) is 5.06. The molecule has 0 fully saturated rings. The Bertz CT molecular complexity index is 1490. The number of hydrogen-bond donors (Lipinski definition) is 3. The highest BCUT2D eigenvalue weighted by atomic mass is 35.5. The molecule has 3 N–H and O–H groups in total. The highest BCUT2D eigenvalue weighted by Gasteiger charge is 2.11. The predicted octanol–water partition coefficient (Wildman–Crippen LogP) is 7.10. The van der Waals surface area contributed by atoms with E-state index in [1.165, 1.54) is 11.3 Å². The molecule has 2 amide bonds. The van der Waals surface area contributed by atoms with E-state index >= 15 is 0 Å². The summed E-state index contributed by atoms with van der Waals surface area (Å²) in [7, 11) is 0. The van der Waals surface area contributed by atoms with E-state index in [1.54, 1.807) is 41.8 Å². The fraction of sp³-hybridized carbons (Fsp3) is 0. The number of H-pyrrole nitrogens is 1. The number of anilines is 2. The fourth-order valence-electron chi connectivity index (χ4n) is 3.42. The smallest absolute Gasteiger partial charge is 0.256 e. The maximum atomic E-state index is 12.5. The third-order valence-corrected chi connectivity index (χ3v) is 6.18. The number of rotatable bonds is 5. The Morgan fingerprint density at radius 1 is 0.794 bits per heavy atom. The Balaban J connectivity index is 1.31. The minimum Gasteiger partial charge on any atom is -0.338 e. The van der Waals surface area contributed by atoms with E-state index in [-0.39, 0.29) is 11.8 Å². The molecule has 0 unspecified atom stereocenters. The zero-order chi connectivity index (χ0) is 23.7. The van der Waals surface area contributed by atoms with Gasteiger partial charge in [-0.25, -0.2) is 4.98 Å². The number of fused-ring (bicyclic) bond motifs is 1. The van der Waals surface area contributed by atoms with Gasteiger partial charge < -0.3 is 15.6 Å². The molecule has 5 rings (SSSR count). The van der Waals surface area contributed by atoms with E-state index in [9.17, 15) is 9.59 Å². The second-order valence-electron chi connectivity index (χ2n) is 7.47. The minimum absolute atomic E-state index is 0.155. The van der Waals surface area contributed by atoms with Crippen molar-refractivity contribution in [2.75, 3.05) is 10.6 Å². The molecule has 0 bridgehead atoms. The molecule has 0 saturated carbocycles. The summed E-state index contributed by atoms with van der Waals surface area (Å²) in [5.74, 6) is 0.215. The van der Waals surface area contributed by atoms with Crippen LogP contribution in [0.5, 0.6) is 0 Å². The van der Waals surface area contributed by atoms with Gasteiger partial charge in [-0.05, 0) is 72.1 Å². The van der Waals surface area contributed by atoms with E-state index < -0.39 is 0 Å². The first-order chi connectivity index (χ1) is 16.4. The Hall–Kier alpha value is -3.65. The van der Waals surface area contributed by atoms with Crippen LogP contribution in [0.15, 0.2) is 77.5 Å². The molecule has 3 aromatic carbocycles. The number of benzene rings is 3. The molecule has 5 aromatic rings. The molecule has 0 atom stereocenters. The Morgan fingerprint density at radius 2 is 1.47 bits per heavy atom. The van der Waals surface area contributed by atoms with Crippen LogP contribution in [0, 0.1) is 0 Å². The number of nitrogens with zero attached hydrogens (tertiary/aromatic N) is 1. The van der Waals surface area contributed by atoms with Gasteiger partial charge in [0.2, 0.25) is 0 Å². The first kappa shape index (κ1) is 22.2. The maximum absolute atomic E-state index is 12.5. The van der Waals surface area contributed by atoms with Crippen molar-refractivity contribution in [2.24, 2.45) is 0 Å². The van der Waals surface area contributed by atoms with E-state index in [1.807, 2.05) is 35.7 Å². The van der Waals surface area contributed by atoms with Crippen molar-refractivity contribution in [3.05, 3.63) is 98.7 Å². The Labute approximate surface area is 208 Å². The second kappa shape index (κ2) is 9.30. The van der Waals surface area contributed by atoms with Gasteiger partial charge in [0, 0.05) is 37.9 Å². The average molecular weight is 507 g/mol. The second-order valence-corrected chi connectivity index (χ2v) is 9.13. The number of amides is 2. The van der Waals surface area contributed by atoms with E-state index in [0.29, 0.717) is 38.4 Å². The van der Waals surface area contributed by atoms with Crippen LogP contribution < -0.4 is 10.6 Å². The largest absolute Gasteiger partial charge is 0.338 e. The number of halogens is 2. The first-order valence-electron chi connectivity index (χ1n) is 10.2. The lowest BCUT2D eigenvalue weighted by molar-refractivity contribution is 0.101. The first-order valence-corrected chi connectivity index (χ1v) is 11.9. The summed E-state index contributed by atoms with van der Waals surface area (Å²) in [6.07, 6.45) is 0. The summed E-state index contributed by atoms with van der Waals surface area (Å²) in [6, 6.07) is 19.3.